The van der Waals surface area contributed by atoms with E-state index in [0.717, 1.165) is 11.5 Å². The minimum absolute atomic E-state index is 0.581. The van der Waals surface area contributed by atoms with Gasteiger partial charge >= 0.3 is 0 Å². The molecule has 0 saturated carbocycles. The largest absolute Gasteiger partial charge is 0.350 e. The molecule has 3 aromatic rings. The smallest absolute Gasteiger partial charge is 0.224 e. The molecule has 0 radical (unpaired) electrons. The monoisotopic (exact) mass is 294 g/mol. The zero-order chi connectivity index (χ0) is 15.4. The highest BCUT2D eigenvalue weighted by atomic mass is 15.2. The van der Waals surface area contributed by atoms with Crippen LogP contribution in [0.3, 0.4) is 0 Å². The molecule has 22 heavy (non-hydrogen) atoms. The molecule has 0 aliphatic carbocycles. The SMILES string of the molecule is Cc1ccc(CNc2nccc(Nc3cc(C)[nH]n3)n2)cc1. The van der Waals surface area contributed by atoms with Gasteiger partial charge in [0.25, 0.3) is 0 Å². The van der Waals surface area contributed by atoms with Crippen LogP contribution in [0.4, 0.5) is 17.6 Å². The zero-order valence-corrected chi connectivity index (χ0v) is 12.6. The summed E-state index contributed by atoms with van der Waals surface area (Å²) in [5.41, 5.74) is 3.44. The van der Waals surface area contributed by atoms with E-state index in [-0.39, 0.29) is 0 Å². The lowest BCUT2D eigenvalue weighted by molar-refractivity contribution is 1.04. The topological polar surface area (TPSA) is 78.5 Å². The van der Waals surface area contributed by atoms with E-state index in [4.69, 9.17) is 0 Å². The van der Waals surface area contributed by atoms with E-state index in [1.807, 2.05) is 13.0 Å². The number of aryl methyl sites for hydroxylation is 2. The molecule has 0 bridgehead atoms. The van der Waals surface area contributed by atoms with E-state index >= 15 is 0 Å². The molecule has 0 aliphatic rings. The minimum atomic E-state index is 0.581. The van der Waals surface area contributed by atoms with Gasteiger partial charge in [-0.3, -0.25) is 5.10 Å². The maximum atomic E-state index is 4.42. The lowest BCUT2D eigenvalue weighted by Crippen LogP contribution is -2.05. The third-order valence-electron chi connectivity index (χ3n) is 3.19. The number of aromatic amines is 1. The van der Waals surface area contributed by atoms with E-state index in [2.05, 4.69) is 62.0 Å². The molecule has 3 N–H and O–H groups in total. The number of anilines is 3. The Labute approximate surface area is 129 Å². The number of rotatable bonds is 5. The van der Waals surface area contributed by atoms with Crippen molar-refractivity contribution in [1.29, 1.82) is 0 Å². The second-order valence-corrected chi connectivity index (χ2v) is 5.17. The van der Waals surface area contributed by atoms with Crippen LogP contribution in [0.15, 0.2) is 42.6 Å². The molecular weight excluding hydrogens is 276 g/mol. The van der Waals surface area contributed by atoms with Crippen LogP contribution in [0.2, 0.25) is 0 Å². The summed E-state index contributed by atoms with van der Waals surface area (Å²) in [6, 6.07) is 12.1. The zero-order valence-electron chi connectivity index (χ0n) is 12.6. The number of aromatic nitrogens is 4. The van der Waals surface area contributed by atoms with Gasteiger partial charge in [-0.2, -0.15) is 10.1 Å². The van der Waals surface area contributed by atoms with Crippen molar-refractivity contribution in [1.82, 2.24) is 20.2 Å². The maximum absolute atomic E-state index is 4.42. The van der Waals surface area contributed by atoms with Gasteiger partial charge in [-0.15, -0.1) is 0 Å². The molecule has 1 aromatic carbocycles. The second-order valence-electron chi connectivity index (χ2n) is 5.17. The first-order chi connectivity index (χ1) is 10.7. The predicted molar refractivity (Wildman–Crippen MR) is 87.1 cm³/mol. The van der Waals surface area contributed by atoms with Crippen molar-refractivity contribution in [3.05, 3.63) is 59.4 Å². The van der Waals surface area contributed by atoms with Crippen LogP contribution in [0.25, 0.3) is 0 Å². The Morgan fingerprint density at radius 3 is 2.59 bits per heavy atom. The van der Waals surface area contributed by atoms with Crippen molar-refractivity contribution in [3.8, 4) is 0 Å². The molecule has 0 amide bonds. The molecular formula is C16H18N6. The van der Waals surface area contributed by atoms with Crippen LogP contribution in [0, 0.1) is 13.8 Å². The molecule has 6 heteroatoms. The summed E-state index contributed by atoms with van der Waals surface area (Å²) in [7, 11) is 0. The molecule has 2 heterocycles. The Morgan fingerprint density at radius 2 is 1.86 bits per heavy atom. The summed E-state index contributed by atoms with van der Waals surface area (Å²) in [4.78, 5) is 8.65. The van der Waals surface area contributed by atoms with E-state index in [1.165, 1.54) is 11.1 Å². The summed E-state index contributed by atoms with van der Waals surface area (Å²) in [6.45, 7) is 4.71. The van der Waals surface area contributed by atoms with Gasteiger partial charge in [-0.25, -0.2) is 4.98 Å². The molecule has 0 saturated heterocycles. The van der Waals surface area contributed by atoms with Gasteiger partial charge in [0.2, 0.25) is 5.95 Å². The molecule has 3 rings (SSSR count). The number of H-pyrrole nitrogens is 1. The quantitative estimate of drug-likeness (QED) is 0.673. The predicted octanol–water partition coefficient (Wildman–Crippen LogP) is 3.17. The summed E-state index contributed by atoms with van der Waals surface area (Å²) < 4.78 is 0. The first-order valence-electron chi connectivity index (χ1n) is 7.10. The van der Waals surface area contributed by atoms with Gasteiger partial charge in [0.15, 0.2) is 5.82 Å². The molecule has 0 aliphatic heterocycles. The molecule has 0 spiro atoms. The fourth-order valence-electron chi connectivity index (χ4n) is 2.01. The number of hydrogen-bond acceptors (Lipinski definition) is 5. The molecule has 112 valence electrons. The van der Waals surface area contributed by atoms with Gasteiger partial charge in [0, 0.05) is 24.5 Å². The fraction of sp³-hybridized carbons (Fsp3) is 0.188. The fourth-order valence-corrected chi connectivity index (χ4v) is 2.01. The van der Waals surface area contributed by atoms with Crippen LogP contribution >= 0.6 is 0 Å². The normalized spacial score (nSPS) is 10.5. The van der Waals surface area contributed by atoms with Crippen molar-refractivity contribution in [3.63, 3.8) is 0 Å². The van der Waals surface area contributed by atoms with Crippen molar-refractivity contribution in [2.24, 2.45) is 0 Å². The maximum Gasteiger partial charge on any atom is 0.224 e. The van der Waals surface area contributed by atoms with Crippen molar-refractivity contribution in [2.75, 3.05) is 10.6 Å². The van der Waals surface area contributed by atoms with E-state index < -0.39 is 0 Å². The Kier molecular flexibility index (Phi) is 4.00. The van der Waals surface area contributed by atoms with Crippen molar-refractivity contribution in [2.45, 2.75) is 20.4 Å². The van der Waals surface area contributed by atoms with Gasteiger partial charge in [0.05, 0.1) is 0 Å². The summed E-state index contributed by atoms with van der Waals surface area (Å²) >= 11 is 0. The lowest BCUT2D eigenvalue weighted by Gasteiger charge is -2.07. The molecule has 0 unspecified atom stereocenters. The number of nitrogens with one attached hydrogen (secondary N) is 3. The average Bonchev–Trinajstić information content (AvgIpc) is 2.92. The first-order valence-corrected chi connectivity index (χ1v) is 7.10. The highest BCUT2D eigenvalue weighted by Gasteiger charge is 2.02. The van der Waals surface area contributed by atoms with Crippen LogP contribution < -0.4 is 10.6 Å². The number of benzene rings is 1. The second kappa shape index (κ2) is 6.26. The summed E-state index contributed by atoms with van der Waals surface area (Å²) in [5, 5.41) is 13.4. The van der Waals surface area contributed by atoms with E-state index in [9.17, 15) is 0 Å². The molecule has 0 fully saturated rings. The third kappa shape index (κ3) is 3.60. The Morgan fingerprint density at radius 1 is 1.05 bits per heavy atom. The van der Waals surface area contributed by atoms with Crippen LogP contribution in [-0.2, 0) is 6.54 Å². The highest BCUT2D eigenvalue weighted by molar-refractivity contribution is 5.52. The number of hydrogen-bond donors (Lipinski definition) is 3. The standard InChI is InChI=1S/C16H18N6/c1-11-3-5-13(6-4-11)10-18-16-17-8-7-14(20-16)19-15-9-12(2)21-22-15/h3-9H,10H2,1-2H3,(H3,17,18,19,20,21,22). The first kappa shape index (κ1) is 14.1. The van der Waals surface area contributed by atoms with Gasteiger partial charge in [0.1, 0.15) is 5.82 Å². The third-order valence-corrected chi connectivity index (χ3v) is 3.19. The average molecular weight is 294 g/mol. The Balaban J connectivity index is 1.64. The molecule has 2 aromatic heterocycles. The lowest BCUT2D eigenvalue weighted by atomic mass is 10.1. The molecule has 0 atom stereocenters. The Hall–Kier alpha value is -2.89. The van der Waals surface area contributed by atoms with Crippen LogP contribution in [0.5, 0.6) is 0 Å². The van der Waals surface area contributed by atoms with Crippen molar-refractivity contribution < 1.29 is 0 Å². The highest BCUT2D eigenvalue weighted by Crippen LogP contribution is 2.14. The molecule has 6 nitrogen and oxygen atoms in total. The van der Waals surface area contributed by atoms with E-state index in [0.29, 0.717) is 18.3 Å². The number of nitrogens with zero attached hydrogens (tertiary/aromatic N) is 3. The van der Waals surface area contributed by atoms with E-state index in [1.54, 1.807) is 12.3 Å². The van der Waals surface area contributed by atoms with Gasteiger partial charge in [-0.1, -0.05) is 29.8 Å². The van der Waals surface area contributed by atoms with Gasteiger partial charge < -0.3 is 10.6 Å². The van der Waals surface area contributed by atoms with Crippen molar-refractivity contribution >= 4 is 17.6 Å². The van der Waals surface area contributed by atoms with Crippen LogP contribution in [-0.4, -0.2) is 20.2 Å². The summed E-state index contributed by atoms with van der Waals surface area (Å²) in [5.74, 6) is 2.02. The summed E-state index contributed by atoms with van der Waals surface area (Å²) in [6.07, 6.45) is 1.71. The minimum Gasteiger partial charge on any atom is -0.350 e. The Bertz CT molecular complexity index is 747. The van der Waals surface area contributed by atoms with Crippen LogP contribution in [0.1, 0.15) is 16.8 Å². The van der Waals surface area contributed by atoms with Gasteiger partial charge in [-0.05, 0) is 25.5 Å².